The number of benzene rings is 1. The zero-order valence-electron chi connectivity index (χ0n) is 14.2. The zero-order chi connectivity index (χ0) is 18.1. The van der Waals surface area contributed by atoms with E-state index in [0.717, 1.165) is 15.8 Å². The maximum Gasteiger partial charge on any atom is 0.328 e. The number of ether oxygens (including phenoxy) is 3. The minimum Gasteiger partial charge on any atom is -0.493 e. The van der Waals surface area contributed by atoms with E-state index in [2.05, 4.69) is 21.2 Å². The fourth-order valence-electron chi connectivity index (χ4n) is 2.08. The minimum absolute atomic E-state index is 0.105. The van der Waals surface area contributed by atoms with Gasteiger partial charge in [0.05, 0.1) is 27.8 Å². The van der Waals surface area contributed by atoms with Gasteiger partial charge < -0.3 is 19.5 Å². The first kappa shape index (κ1) is 20.6. The molecule has 1 aromatic rings. The lowest BCUT2D eigenvalue weighted by Gasteiger charge is -2.17. The molecule has 0 unspecified atom stereocenters. The van der Waals surface area contributed by atoms with Crippen molar-refractivity contribution in [1.29, 1.82) is 0 Å². The molecule has 134 valence electrons. The number of methoxy groups -OCH3 is 3. The Bertz CT molecular complexity index is 582. The summed E-state index contributed by atoms with van der Waals surface area (Å²) in [6.45, 7) is 0. The molecule has 0 fully saturated rings. The van der Waals surface area contributed by atoms with Crippen LogP contribution in [0, 0.1) is 0 Å². The quantitative estimate of drug-likeness (QED) is 0.619. The summed E-state index contributed by atoms with van der Waals surface area (Å²) in [5.41, 5.74) is 0.735. The van der Waals surface area contributed by atoms with E-state index in [-0.39, 0.29) is 12.3 Å². The Morgan fingerprint density at radius 2 is 1.83 bits per heavy atom. The Morgan fingerprint density at radius 1 is 1.21 bits per heavy atom. The van der Waals surface area contributed by atoms with Gasteiger partial charge in [0.1, 0.15) is 6.04 Å². The largest absolute Gasteiger partial charge is 0.493 e. The van der Waals surface area contributed by atoms with Gasteiger partial charge in [0.15, 0.2) is 11.5 Å². The van der Waals surface area contributed by atoms with Crippen LogP contribution in [0.15, 0.2) is 16.6 Å². The molecular formula is C16H22BrNO5S. The second-order valence-corrected chi connectivity index (χ2v) is 6.74. The maximum absolute atomic E-state index is 12.3. The van der Waals surface area contributed by atoms with E-state index in [1.54, 1.807) is 31.0 Å². The molecule has 1 rings (SSSR count). The zero-order valence-corrected chi connectivity index (χ0v) is 16.6. The van der Waals surface area contributed by atoms with Gasteiger partial charge in [0.2, 0.25) is 5.91 Å². The molecule has 1 N–H and O–H groups in total. The summed E-state index contributed by atoms with van der Waals surface area (Å²) in [6, 6.07) is 2.83. The molecule has 6 nitrogen and oxygen atoms in total. The van der Waals surface area contributed by atoms with Gasteiger partial charge >= 0.3 is 5.97 Å². The number of carbonyl (C=O) groups excluding carboxylic acids is 2. The molecule has 0 aliphatic carbocycles. The molecule has 1 atom stereocenters. The van der Waals surface area contributed by atoms with Crippen LogP contribution in [0.3, 0.4) is 0 Å². The fourth-order valence-corrected chi connectivity index (χ4v) is 3.01. The molecular weight excluding hydrogens is 398 g/mol. The molecule has 24 heavy (non-hydrogen) atoms. The summed E-state index contributed by atoms with van der Waals surface area (Å²) < 4.78 is 15.9. The number of hydrogen-bond acceptors (Lipinski definition) is 6. The monoisotopic (exact) mass is 419 g/mol. The second-order valence-electron chi connectivity index (χ2n) is 4.90. The van der Waals surface area contributed by atoms with E-state index in [9.17, 15) is 9.59 Å². The highest BCUT2D eigenvalue weighted by atomic mass is 79.9. The number of halogens is 1. The van der Waals surface area contributed by atoms with Crippen molar-refractivity contribution >= 4 is 39.6 Å². The predicted octanol–water partition coefficient (Wildman–Crippen LogP) is 2.42. The lowest BCUT2D eigenvalue weighted by atomic mass is 10.1. The molecule has 1 amide bonds. The molecule has 0 spiro atoms. The van der Waals surface area contributed by atoms with Crippen LogP contribution < -0.4 is 14.8 Å². The van der Waals surface area contributed by atoms with Crippen LogP contribution >= 0.6 is 27.7 Å². The highest BCUT2D eigenvalue weighted by Crippen LogP contribution is 2.33. The smallest absolute Gasteiger partial charge is 0.328 e. The molecule has 0 heterocycles. The van der Waals surface area contributed by atoms with Gasteiger partial charge in [-0.1, -0.05) is 15.9 Å². The number of rotatable bonds is 9. The number of hydrogen-bond donors (Lipinski definition) is 1. The SMILES string of the molecule is COC(=O)[C@@H](CCSC)NC(=O)Cc1cc(OC)c(OC)cc1Br. The van der Waals surface area contributed by atoms with E-state index in [4.69, 9.17) is 14.2 Å². The van der Waals surface area contributed by atoms with Crippen LogP contribution in [-0.2, 0) is 20.7 Å². The fraction of sp³-hybridized carbons (Fsp3) is 0.500. The molecule has 0 aliphatic rings. The molecule has 0 bridgehead atoms. The van der Waals surface area contributed by atoms with Crippen molar-refractivity contribution in [3.8, 4) is 11.5 Å². The minimum atomic E-state index is -0.645. The van der Waals surface area contributed by atoms with Crippen LogP contribution in [0.5, 0.6) is 11.5 Å². The summed E-state index contributed by atoms with van der Waals surface area (Å²) in [7, 11) is 4.39. The summed E-state index contributed by atoms with van der Waals surface area (Å²) in [5.74, 6) is 1.15. The van der Waals surface area contributed by atoms with Gasteiger partial charge in [-0.25, -0.2) is 4.79 Å². The van der Waals surface area contributed by atoms with E-state index in [1.165, 1.54) is 14.2 Å². The van der Waals surface area contributed by atoms with Crippen molar-refractivity contribution < 1.29 is 23.8 Å². The van der Waals surface area contributed by atoms with Crippen molar-refractivity contribution in [2.75, 3.05) is 33.3 Å². The number of carbonyl (C=O) groups is 2. The number of esters is 1. The Kier molecular flexibility index (Phi) is 8.99. The lowest BCUT2D eigenvalue weighted by molar-refractivity contribution is -0.145. The van der Waals surface area contributed by atoms with Crippen LogP contribution in [0.1, 0.15) is 12.0 Å². The third-order valence-electron chi connectivity index (χ3n) is 3.34. The molecule has 0 saturated carbocycles. The van der Waals surface area contributed by atoms with Gasteiger partial charge in [-0.15, -0.1) is 0 Å². The lowest BCUT2D eigenvalue weighted by Crippen LogP contribution is -2.42. The third kappa shape index (κ3) is 5.90. The van der Waals surface area contributed by atoms with Gasteiger partial charge in [-0.05, 0) is 36.1 Å². The predicted molar refractivity (Wildman–Crippen MR) is 97.9 cm³/mol. The van der Waals surface area contributed by atoms with Crippen molar-refractivity contribution in [1.82, 2.24) is 5.32 Å². The standard InChI is InChI=1S/C16H22BrNO5S/c1-21-13-7-10(11(17)9-14(13)22-2)8-15(19)18-12(5-6-24-4)16(20)23-3/h7,9,12H,5-6,8H2,1-4H3,(H,18,19)/t12-/m1/s1. The molecule has 0 saturated heterocycles. The van der Waals surface area contributed by atoms with Crippen LogP contribution in [0.4, 0.5) is 0 Å². The summed E-state index contributed by atoms with van der Waals surface area (Å²) in [5, 5.41) is 2.72. The topological polar surface area (TPSA) is 73.9 Å². The first-order chi connectivity index (χ1) is 11.5. The van der Waals surface area contributed by atoms with Crippen LogP contribution in [0.25, 0.3) is 0 Å². The summed E-state index contributed by atoms with van der Waals surface area (Å²) in [6.07, 6.45) is 2.57. The molecule has 8 heteroatoms. The Labute approximate surface area is 154 Å². The summed E-state index contributed by atoms with van der Waals surface area (Å²) >= 11 is 5.02. The van der Waals surface area contributed by atoms with E-state index < -0.39 is 12.0 Å². The second kappa shape index (κ2) is 10.5. The van der Waals surface area contributed by atoms with Crippen molar-refractivity contribution in [2.45, 2.75) is 18.9 Å². The highest BCUT2D eigenvalue weighted by Gasteiger charge is 2.22. The van der Waals surface area contributed by atoms with Gasteiger partial charge in [-0.2, -0.15) is 11.8 Å². The number of amides is 1. The van der Waals surface area contributed by atoms with Gasteiger partial charge in [0, 0.05) is 4.47 Å². The average molecular weight is 420 g/mol. The molecule has 0 aliphatic heterocycles. The van der Waals surface area contributed by atoms with Crippen molar-refractivity contribution in [2.24, 2.45) is 0 Å². The van der Waals surface area contributed by atoms with E-state index >= 15 is 0 Å². The normalized spacial score (nSPS) is 11.5. The van der Waals surface area contributed by atoms with Gasteiger partial charge in [0.25, 0.3) is 0 Å². The average Bonchev–Trinajstić information content (AvgIpc) is 2.59. The first-order valence-electron chi connectivity index (χ1n) is 7.23. The molecule has 0 radical (unpaired) electrons. The van der Waals surface area contributed by atoms with Crippen molar-refractivity contribution in [3.63, 3.8) is 0 Å². The number of nitrogens with one attached hydrogen (secondary N) is 1. The van der Waals surface area contributed by atoms with Crippen LogP contribution in [0.2, 0.25) is 0 Å². The Balaban J connectivity index is 2.84. The number of thioether (sulfide) groups is 1. The third-order valence-corrected chi connectivity index (χ3v) is 4.72. The summed E-state index contributed by atoms with van der Waals surface area (Å²) in [4.78, 5) is 24.1. The highest BCUT2D eigenvalue weighted by molar-refractivity contribution is 9.10. The van der Waals surface area contributed by atoms with E-state index in [0.29, 0.717) is 17.9 Å². The maximum atomic E-state index is 12.3. The Hall–Kier alpha value is -1.41. The molecule has 0 aromatic heterocycles. The first-order valence-corrected chi connectivity index (χ1v) is 9.42. The van der Waals surface area contributed by atoms with Crippen LogP contribution in [-0.4, -0.2) is 51.3 Å². The Morgan fingerprint density at radius 3 is 2.38 bits per heavy atom. The van der Waals surface area contributed by atoms with Gasteiger partial charge in [-0.3, -0.25) is 4.79 Å². The van der Waals surface area contributed by atoms with E-state index in [1.807, 2.05) is 6.26 Å². The molecule has 1 aromatic carbocycles. The van der Waals surface area contributed by atoms with Crippen molar-refractivity contribution in [3.05, 3.63) is 22.2 Å².